The zero-order valence-electron chi connectivity index (χ0n) is 11.6. The Kier molecular flexibility index (Phi) is 4.24. The van der Waals surface area contributed by atoms with Crippen LogP contribution in [0.25, 0.3) is 0 Å². The van der Waals surface area contributed by atoms with Crippen molar-refractivity contribution in [3.63, 3.8) is 0 Å². The lowest BCUT2D eigenvalue weighted by atomic mass is 10.1. The van der Waals surface area contributed by atoms with Crippen molar-refractivity contribution in [1.82, 2.24) is 10.5 Å². The molecule has 6 nitrogen and oxygen atoms in total. The molecule has 1 heterocycles. The number of carbonyl (C=O) groups excluding carboxylic acids is 1. The number of aryl methyl sites for hydroxylation is 1. The van der Waals surface area contributed by atoms with Gasteiger partial charge in [-0.3, -0.25) is 4.79 Å². The SMILES string of the molecule is COc1cccc(C(=O)NCc2cc(C)on2)c1OC. The number of methoxy groups -OCH3 is 2. The zero-order chi connectivity index (χ0) is 14.5. The van der Waals surface area contributed by atoms with E-state index in [1.807, 2.05) is 0 Å². The molecule has 2 aromatic rings. The maximum absolute atomic E-state index is 12.2. The average Bonchev–Trinajstić information content (AvgIpc) is 2.89. The van der Waals surface area contributed by atoms with Gasteiger partial charge < -0.3 is 19.3 Å². The largest absolute Gasteiger partial charge is 0.493 e. The summed E-state index contributed by atoms with van der Waals surface area (Å²) in [5.74, 6) is 1.36. The summed E-state index contributed by atoms with van der Waals surface area (Å²) >= 11 is 0. The lowest BCUT2D eigenvalue weighted by molar-refractivity contribution is 0.0946. The molecule has 0 fully saturated rings. The first kappa shape index (κ1) is 13.9. The predicted octanol–water partition coefficient (Wildman–Crippen LogP) is 1.93. The molecule has 1 aromatic carbocycles. The lowest BCUT2D eigenvalue weighted by Gasteiger charge is -2.12. The van der Waals surface area contributed by atoms with E-state index in [0.717, 1.165) is 0 Å². The number of carbonyl (C=O) groups is 1. The normalized spacial score (nSPS) is 10.2. The van der Waals surface area contributed by atoms with Gasteiger partial charge in [-0.2, -0.15) is 0 Å². The molecule has 0 saturated carbocycles. The number of benzene rings is 1. The molecule has 0 spiro atoms. The first-order chi connectivity index (χ1) is 9.65. The van der Waals surface area contributed by atoms with E-state index in [2.05, 4.69) is 10.5 Å². The van der Waals surface area contributed by atoms with Gasteiger partial charge in [0.2, 0.25) is 0 Å². The highest BCUT2D eigenvalue weighted by Crippen LogP contribution is 2.30. The maximum atomic E-state index is 12.2. The summed E-state index contributed by atoms with van der Waals surface area (Å²) in [4.78, 5) is 12.2. The van der Waals surface area contributed by atoms with Crippen molar-refractivity contribution in [1.29, 1.82) is 0 Å². The van der Waals surface area contributed by atoms with Crippen LogP contribution in [-0.4, -0.2) is 25.3 Å². The van der Waals surface area contributed by atoms with Gasteiger partial charge in [0, 0.05) is 6.07 Å². The molecule has 0 saturated heterocycles. The Morgan fingerprint density at radius 1 is 1.35 bits per heavy atom. The number of aromatic nitrogens is 1. The van der Waals surface area contributed by atoms with Crippen LogP contribution in [0.3, 0.4) is 0 Å². The summed E-state index contributed by atoms with van der Waals surface area (Å²) in [5, 5.41) is 6.57. The third-order valence-corrected chi connectivity index (χ3v) is 2.75. The minimum Gasteiger partial charge on any atom is -0.493 e. The van der Waals surface area contributed by atoms with E-state index in [4.69, 9.17) is 14.0 Å². The second-order valence-electron chi connectivity index (χ2n) is 4.15. The Morgan fingerprint density at radius 3 is 2.75 bits per heavy atom. The van der Waals surface area contributed by atoms with Gasteiger partial charge in [0.15, 0.2) is 11.5 Å². The number of amides is 1. The molecule has 0 unspecified atom stereocenters. The van der Waals surface area contributed by atoms with Crippen LogP contribution in [0.5, 0.6) is 11.5 Å². The van der Waals surface area contributed by atoms with Crippen LogP contribution >= 0.6 is 0 Å². The molecule has 0 aliphatic rings. The van der Waals surface area contributed by atoms with Gasteiger partial charge in [-0.15, -0.1) is 0 Å². The summed E-state index contributed by atoms with van der Waals surface area (Å²) < 4.78 is 15.3. The fourth-order valence-electron chi connectivity index (χ4n) is 1.83. The van der Waals surface area contributed by atoms with Crippen LogP contribution in [-0.2, 0) is 6.54 Å². The molecule has 20 heavy (non-hydrogen) atoms. The highest BCUT2D eigenvalue weighted by Gasteiger charge is 2.16. The van der Waals surface area contributed by atoms with Crippen molar-refractivity contribution in [3.8, 4) is 11.5 Å². The summed E-state index contributed by atoms with van der Waals surface area (Å²) in [5.41, 5.74) is 1.07. The van der Waals surface area contributed by atoms with E-state index in [0.29, 0.717) is 28.5 Å². The number of hydrogen-bond donors (Lipinski definition) is 1. The Bertz CT molecular complexity index is 607. The third kappa shape index (κ3) is 2.90. The lowest BCUT2D eigenvalue weighted by Crippen LogP contribution is -2.23. The van der Waals surface area contributed by atoms with E-state index in [9.17, 15) is 4.79 Å². The van der Waals surface area contributed by atoms with Crippen LogP contribution in [0.1, 0.15) is 21.8 Å². The molecule has 1 aromatic heterocycles. The second kappa shape index (κ2) is 6.10. The quantitative estimate of drug-likeness (QED) is 0.903. The van der Waals surface area contributed by atoms with Crippen LogP contribution in [0.2, 0.25) is 0 Å². The number of nitrogens with zero attached hydrogens (tertiary/aromatic N) is 1. The maximum Gasteiger partial charge on any atom is 0.255 e. The number of hydrogen-bond acceptors (Lipinski definition) is 5. The van der Waals surface area contributed by atoms with Gasteiger partial charge in [0.25, 0.3) is 5.91 Å². The fraction of sp³-hybridized carbons (Fsp3) is 0.286. The topological polar surface area (TPSA) is 73.6 Å². The first-order valence-electron chi connectivity index (χ1n) is 6.07. The summed E-state index contributed by atoms with van der Waals surface area (Å²) in [6.45, 7) is 2.08. The van der Waals surface area contributed by atoms with Gasteiger partial charge in [-0.25, -0.2) is 0 Å². The standard InChI is InChI=1S/C14H16N2O4/c1-9-7-10(16-20-9)8-15-14(17)11-5-4-6-12(18-2)13(11)19-3/h4-7H,8H2,1-3H3,(H,15,17). The highest BCUT2D eigenvalue weighted by atomic mass is 16.5. The van der Waals surface area contributed by atoms with Crippen LogP contribution in [0.15, 0.2) is 28.8 Å². The van der Waals surface area contributed by atoms with E-state index in [-0.39, 0.29) is 12.5 Å². The third-order valence-electron chi connectivity index (χ3n) is 2.75. The Morgan fingerprint density at radius 2 is 2.15 bits per heavy atom. The fourth-order valence-corrected chi connectivity index (χ4v) is 1.83. The molecule has 106 valence electrons. The monoisotopic (exact) mass is 276 g/mol. The highest BCUT2D eigenvalue weighted by molar-refractivity contribution is 5.97. The van der Waals surface area contributed by atoms with Crippen molar-refractivity contribution in [3.05, 3.63) is 41.3 Å². The van der Waals surface area contributed by atoms with Crippen molar-refractivity contribution in [2.75, 3.05) is 14.2 Å². The molecular formula is C14H16N2O4. The van der Waals surface area contributed by atoms with Crippen LogP contribution < -0.4 is 14.8 Å². The molecule has 2 rings (SSSR count). The Balaban J connectivity index is 2.12. The van der Waals surface area contributed by atoms with E-state index in [1.54, 1.807) is 31.2 Å². The summed E-state index contributed by atoms with van der Waals surface area (Å²) in [6.07, 6.45) is 0. The van der Waals surface area contributed by atoms with Crippen LogP contribution in [0, 0.1) is 6.92 Å². The minimum atomic E-state index is -0.263. The number of para-hydroxylation sites is 1. The smallest absolute Gasteiger partial charge is 0.255 e. The van der Waals surface area contributed by atoms with E-state index >= 15 is 0 Å². The number of ether oxygens (including phenoxy) is 2. The van der Waals surface area contributed by atoms with Gasteiger partial charge in [0.05, 0.1) is 26.3 Å². The average molecular weight is 276 g/mol. The number of nitrogens with one attached hydrogen (secondary N) is 1. The first-order valence-corrected chi connectivity index (χ1v) is 6.07. The van der Waals surface area contributed by atoms with Crippen molar-refractivity contribution < 1.29 is 18.8 Å². The molecular weight excluding hydrogens is 260 g/mol. The molecule has 1 N–H and O–H groups in total. The molecule has 0 radical (unpaired) electrons. The van der Waals surface area contributed by atoms with E-state index < -0.39 is 0 Å². The van der Waals surface area contributed by atoms with Crippen molar-refractivity contribution in [2.45, 2.75) is 13.5 Å². The van der Waals surface area contributed by atoms with Crippen molar-refractivity contribution >= 4 is 5.91 Å². The molecule has 0 aliphatic carbocycles. The Labute approximate surface area is 116 Å². The van der Waals surface area contributed by atoms with Gasteiger partial charge in [-0.1, -0.05) is 11.2 Å². The summed E-state index contributed by atoms with van der Waals surface area (Å²) in [7, 11) is 3.02. The predicted molar refractivity (Wildman–Crippen MR) is 72.0 cm³/mol. The summed E-state index contributed by atoms with van der Waals surface area (Å²) in [6, 6.07) is 6.90. The van der Waals surface area contributed by atoms with Gasteiger partial charge in [0.1, 0.15) is 11.5 Å². The minimum absolute atomic E-state index is 0.263. The van der Waals surface area contributed by atoms with Crippen molar-refractivity contribution in [2.24, 2.45) is 0 Å². The van der Waals surface area contributed by atoms with E-state index in [1.165, 1.54) is 14.2 Å². The zero-order valence-corrected chi connectivity index (χ0v) is 11.6. The Hall–Kier alpha value is -2.50. The molecule has 0 bridgehead atoms. The molecule has 0 aliphatic heterocycles. The van der Waals surface area contributed by atoms with Gasteiger partial charge in [-0.05, 0) is 19.1 Å². The molecule has 0 atom stereocenters. The second-order valence-corrected chi connectivity index (χ2v) is 4.15. The molecule has 6 heteroatoms. The van der Waals surface area contributed by atoms with Gasteiger partial charge >= 0.3 is 0 Å². The van der Waals surface area contributed by atoms with Crippen LogP contribution in [0.4, 0.5) is 0 Å². The number of rotatable bonds is 5. The molecule has 1 amide bonds.